The van der Waals surface area contributed by atoms with E-state index in [0.717, 1.165) is 10.8 Å². The molecule has 0 spiro atoms. The van der Waals surface area contributed by atoms with Crippen LogP contribution >= 0.6 is 11.6 Å². The van der Waals surface area contributed by atoms with Crippen LogP contribution in [0.15, 0.2) is 70.1 Å². The molecule has 7 nitrogen and oxygen atoms in total. The summed E-state index contributed by atoms with van der Waals surface area (Å²) in [6, 6.07) is 17.5. The van der Waals surface area contributed by atoms with Crippen LogP contribution in [-0.2, 0) is 16.6 Å². The molecule has 30 heavy (non-hydrogen) atoms. The highest BCUT2D eigenvalue weighted by Gasteiger charge is 2.24. The number of methoxy groups -OCH3 is 1. The van der Waals surface area contributed by atoms with Gasteiger partial charge >= 0.3 is 0 Å². The number of hydrogen-bond acceptors (Lipinski definition) is 6. The molecule has 0 unspecified atom stereocenters. The van der Waals surface area contributed by atoms with Crippen LogP contribution in [0.1, 0.15) is 5.89 Å². The number of benzene rings is 3. The van der Waals surface area contributed by atoms with Crippen LogP contribution in [-0.4, -0.2) is 37.0 Å². The minimum Gasteiger partial charge on any atom is -0.497 e. The average Bonchev–Trinajstić information content (AvgIpc) is 3.21. The van der Waals surface area contributed by atoms with Crippen LogP contribution in [0.3, 0.4) is 0 Å². The van der Waals surface area contributed by atoms with Crippen molar-refractivity contribution in [1.29, 1.82) is 0 Å². The van der Waals surface area contributed by atoms with Gasteiger partial charge in [-0.25, -0.2) is 8.42 Å². The van der Waals surface area contributed by atoms with Crippen LogP contribution in [0.25, 0.3) is 22.2 Å². The van der Waals surface area contributed by atoms with Crippen LogP contribution in [0.5, 0.6) is 5.75 Å². The third-order valence-corrected chi connectivity index (χ3v) is 6.80. The molecule has 1 heterocycles. The molecule has 0 amide bonds. The van der Waals surface area contributed by atoms with Gasteiger partial charge in [0.15, 0.2) is 0 Å². The molecule has 0 aliphatic heterocycles. The lowest BCUT2D eigenvalue weighted by atomic mass is 10.1. The number of sulfonamides is 1. The van der Waals surface area contributed by atoms with E-state index in [1.807, 2.05) is 18.2 Å². The largest absolute Gasteiger partial charge is 0.497 e. The van der Waals surface area contributed by atoms with Crippen molar-refractivity contribution in [3.63, 3.8) is 0 Å². The van der Waals surface area contributed by atoms with Gasteiger partial charge < -0.3 is 9.26 Å². The van der Waals surface area contributed by atoms with Crippen LogP contribution in [0.4, 0.5) is 0 Å². The van der Waals surface area contributed by atoms with Crippen LogP contribution in [0, 0.1) is 0 Å². The molecule has 0 saturated carbocycles. The van der Waals surface area contributed by atoms with Crippen molar-refractivity contribution < 1.29 is 17.7 Å². The molecule has 0 bridgehead atoms. The van der Waals surface area contributed by atoms with E-state index in [-0.39, 0.29) is 17.3 Å². The van der Waals surface area contributed by atoms with Gasteiger partial charge in [0, 0.05) is 12.6 Å². The monoisotopic (exact) mass is 443 g/mol. The average molecular weight is 444 g/mol. The van der Waals surface area contributed by atoms with E-state index in [9.17, 15) is 8.42 Å². The molecule has 0 N–H and O–H groups in total. The number of halogens is 1. The highest BCUT2D eigenvalue weighted by atomic mass is 35.5. The summed E-state index contributed by atoms with van der Waals surface area (Å²) in [4.78, 5) is 4.45. The van der Waals surface area contributed by atoms with Crippen molar-refractivity contribution in [2.45, 2.75) is 11.4 Å². The fourth-order valence-corrected chi connectivity index (χ4v) is 4.39. The zero-order valence-corrected chi connectivity index (χ0v) is 17.8. The lowest BCUT2D eigenvalue weighted by molar-refractivity contribution is 0.337. The summed E-state index contributed by atoms with van der Waals surface area (Å²) in [5, 5.41) is 6.08. The molecule has 3 aromatic carbocycles. The Balaban J connectivity index is 1.58. The van der Waals surface area contributed by atoms with Gasteiger partial charge in [0.25, 0.3) is 0 Å². The molecule has 9 heteroatoms. The summed E-state index contributed by atoms with van der Waals surface area (Å²) in [7, 11) is -0.707. The molecule has 0 radical (unpaired) electrons. The minimum absolute atomic E-state index is 0.0690. The summed E-state index contributed by atoms with van der Waals surface area (Å²) in [6.45, 7) is -0.0690. The standard InChI is InChI=1S/C21H18ClN3O4S/c1-25(13-20-23-21(24-29-20)18-5-3-4-6-19(18)22)30(26,27)17-10-8-14-11-16(28-2)9-7-15(14)12-17/h3-12H,13H2,1-2H3. The van der Waals surface area contributed by atoms with Gasteiger partial charge in [-0.15, -0.1) is 0 Å². The molecule has 0 aliphatic rings. The smallest absolute Gasteiger partial charge is 0.243 e. The second-order valence-electron chi connectivity index (χ2n) is 6.63. The summed E-state index contributed by atoms with van der Waals surface area (Å²) in [6.07, 6.45) is 0. The van der Waals surface area contributed by atoms with E-state index < -0.39 is 10.0 Å². The Bertz CT molecular complexity index is 1320. The highest BCUT2D eigenvalue weighted by Crippen LogP contribution is 2.27. The fraction of sp³-hybridized carbons (Fsp3) is 0.143. The summed E-state index contributed by atoms with van der Waals surface area (Å²) < 4.78 is 37.7. The first-order valence-corrected chi connectivity index (χ1v) is 10.8. The van der Waals surface area contributed by atoms with Crippen molar-refractivity contribution >= 4 is 32.4 Å². The maximum absolute atomic E-state index is 13.0. The first kappa shape index (κ1) is 20.3. The van der Waals surface area contributed by atoms with E-state index in [0.29, 0.717) is 22.2 Å². The summed E-state index contributed by atoms with van der Waals surface area (Å²) in [5.74, 6) is 1.18. The molecule has 4 rings (SSSR count). The van der Waals surface area contributed by atoms with E-state index in [2.05, 4.69) is 10.1 Å². The van der Waals surface area contributed by atoms with Gasteiger partial charge in [0.05, 0.1) is 23.6 Å². The van der Waals surface area contributed by atoms with Gasteiger partial charge in [-0.3, -0.25) is 0 Å². The fourth-order valence-electron chi connectivity index (χ4n) is 3.02. The van der Waals surface area contributed by atoms with Gasteiger partial charge in [-0.05, 0) is 47.2 Å². The lowest BCUT2D eigenvalue weighted by Crippen LogP contribution is -2.26. The topological polar surface area (TPSA) is 85.5 Å². The van der Waals surface area contributed by atoms with Crippen molar-refractivity contribution in [2.24, 2.45) is 0 Å². The number of rotatable bonds is 6. The zero-order chi connectivity index (χ0) is 21.3. The van der Waals surface area contributed by atoms with E-state index >= 15 is 0 Å². The maximum Gasteiger partial charge on any atom is 0.243 e. The number of nitrogens with zero attached hydrogens (tertiary/aromatic N) is 3. The Morgan fingerprint density at radius 3 is 2.57 bits per heavy atom. The minimum atomic E-state index is -3.76. The SMILES string of the molecule is COc1ccc2cc(S(=O)(=O)N(C)Cc3nc(-c4ccccc4Cl)no3)ccc2c1. The predicted octanol–water partition coefficient (Wildman–Crippen LogP) is 4.37. The molecular weight excluding hydrogens is 426 g/mol. The van der Waals surface area contributed by atoms with Crippen molar-refractivity contribution in [3.05, 3.63) is 71.6 Å². The Hall–Kier alpha value is -2.94. The predicted molar refractivity (Wildman–Crippen MR) is 114 cm³/mol. The molecule has 154 valence electrons. The first-order valence-electron chi connectivity index (χ1n) is 9.00. The second kappa shape index (κ2) is 8.06. The summed E-state index contributed by atoms with van der Waals surface area (Å²) in [5.41, 5.74) is 0.615. The molecule has 0 atom stereocenters. The molecule has 0 fully saturated rings. The van der Waals surface area contributed by atoms with Crippen LogP contribution in [0.2, 0.25) is 5.02 Å². The Morgan fingerprint density at radius 1 is 1.07 bits per heavy atom. The van der Waals surface area contributed by atoms with Gasteiger partial charge in [0.1, 0.15) is 5.75 Å². The zero-order valence-electron chi connectivity index (χ0n) is 16.2. The van der Waals surface area contributed by atoms with Gasteiger partial charge in [-0.2, -0.15) is 9.29 Å². The Morgan fingerprint density at radius 2 is 1.80 bits per heavy atom. The molecule has 1 aromatic heterocycles. The van der Waals surface area contributed by atoms with Crippen molar-refractivity contribution in [1.82, 2.24) is 14.4 Å². The normalized spacial score (nSPS) is 11.9. The third kappa shape index (κ3) is 3.89. The Labute approximate surface area is 178 Å². The van der Waals surface area contributed by atoms with E-state index in [1.54, 1.807) is 49.6 Å². The number of hydrogen-bond donors (Lipinski definition) is 0. The van der Waals surface area contributed by atoms with Crippen molar-refractivity contribution in [2.75, 3.05) is 14.2 Å². The highest BCUT2D eigenvalue weighted by molar-refractivity contribution is 7.89. The Kier molecular flexibility index (Phi) is 5.46. The van der Waals surface area contributed by atoms with Gasteiger partial charge in [0.2, 0.25) is 21.7 Å². The maximum atomic E-state index is 13.0. The molecule has 0 saturated heterocycles. The lowest BCUT2D eigenvalue weighted by Gasteiger charge is -2.15. The number of ether oxygens (including phenoxy) is 1. The molecular formula is C21H18ClN3O4S. The van der Waals surface area contributed by atoms with Crippen molar-refractivity contribution in [3.8, 4) is 17.1 Å². The van der Waals surface area contributed by atoms with Crippen LogP contribution < -0.4 is 4.74 Å². The quantitative estimate of drug-likeness (QED) is 0.439. The van der Waals surface area contributed by atoms with E-state index in [1.165, 1.54) is 11.4 Å². The number of fused-ring (bicyclic) bond motifs is 1. The third-order valence-electron chi connectivity index (χ3n) is 4.67. The first-order chi connectivity index (χ1) is 14.4. The van der Waals surface area contributed by atoms with E-state index in [4.69, 9.17) is 20.9 Å². The number of aromatic nitrogens is 2. The summed E-state index contributed by atoms with van der Waals surface area (Å²) >= 11 is 6.16. The van der Waals surface area contributed by atoms with Gasteiger partial charge in [-0.1, -0.05) is 41.0 Å². The molecule has 4 aromatic rings. The molecule has 0 aliphatic carbocycles. The second-order valence-corrected chi connectivity index (χ2v) is 9.08.